The lowest BCUT2D eigenvalue weighted by Gasteiger charge is -2.34. The van der Waals surface area contributed by atoms with Gasteiger partial charge >= 0.3 is 6.03 Å². The van der Waals surface area contributed by atoms with E-state index >= 15 is 0 Å². The van der Waals surface area contributed by atoms with Crippen molar-refractivity contribution < 1.29 is 9.53 Å². The van der Waals surface area contributed by atoms with Crippen LogP contribution >= 0.6 is 0 Å². The summed E-state index contributed by atoms with van der Waals surface area (Å²) in [6.07, 6.45) is 4.66. The minimum atomic E-state index is -0.0391. The standard InChI is InChI=1S/C20H28N4O2/c1-3-18(24-9-11-26-12-10-24)14-22-20(25)23(2)15-17-6-4-5-16-13-21-8-7-19(16)17/h4-8,13,18H,3,9-12,14-15H2,1-2H3,(H,22,25)/t18-/m0/s1. The molecule has 1 aliphatic heterocycles. The average Bonchev–Trinajstić information content (AvgIpc) is 2.69. The predicted molar refractivity (Wildman–Crippen MR) is 103 cm³/mol. The van der Waals surface area contributed by atoms with E-state index in [0.29, 0.717) is 19.1 Å². The molecule has 0 aliphatic carbocycles. The number of benzene rings is 1. The van der Waals surface area contributed by atoms with E-state index in [-0.39, 0.29) is 6.03 Å². The molecule has 2 aromatic rings. The molecule has 1 atom stereocenters. The molecule has 6 heteroatoms. The largest absolute Gasteiger partial charge is 0.379 e. The summed E-state index contributed by atoms with van der Waals surface area (Å²) in [5.74, 6) is 0. The zero-order chi connectivity index (χ0) is 18.4. The first-order valence-corrected chi connectivity index (χ1v) is 9.31. The van der Waals surface area contributed by atoms with Gasteiger partial charge in [0.25, 0.3) is 0 Å². The molecular formula is C20H28N4O2. The number of carbonyl (C=O) groups is 1. The maximum Gasteiger partial charge on any atom is 0.317 e. The number of nitrogens with zero attached hydrogens (tertiary/aromatic N) is 3. The number of aromatic nitrogens is 1. The second-order valence-corrected chi connectivity index (χ2v) is 6.77. The summed E-state index contributed by atoms with van der Waals surface area (Å²) in [6, 6.07) is 8.44. The van der Waals surface area contributed by atoms with Crippen LogP contribution in [0.15, 0.2) is 36.7 Å². The molecule has 1 fully saturated rings. The molecule has 1 saturated heterocycles. The van der Waals surface area contributed by atoms with E-state index in [1.165, 1.54) is 0 Å². The molecule has 1 aromatic heterocycles. The third-order valence-corrected chi connectivity index (χ3v) is 5.05. The third kappa shape index (κ3) is 4.51. The van der Waals surface area contributed by atoms with E-state index < -0.39 is 0 Å². The Morgan fingerprint density at radius 3 is 2.92 bits per heavy atom. The summed E-state index contributed by atoms with van der Waals surface area (Å²) in [7, 11) is 1.84. The second kappa shape index (κ2) is 8.96. The van der Waals surface area contributed by atoms with E-state index in [4.69, 9.17) is 4.74 Å². The first kappa shape index (κ1) is 18.6. The van der Waals surface area contributed by atoms with Crippen molar-refractivity contribution in [3.05, 3.63) is 42.2 Å². The van der Waals surface area contributed by atoms with Crippen molar-refractivity contribution in [2.45, 2.75) is 25.9 Å². The van der Waals surface area contributed by atoms with Crippen molar-refractivity contribution >= 4 is 16.8 Å². The van der Waals surface area contributed by atoms with E-state index in [0.717, 1.165) is 49.1 Å². The van der Waals surface area contributed by atoms with Gasteiger partial charge < -0.3 is 15.0 Å². The number of urea groups is 1. The van der Waals surface area contributed by atoms with Gasteiger partial charge in [0.2, 0.25) is 0 Å². The van der Waals surface area contributed by atoms with Crippen molar-refractivity contribution in [3.63, 3.8) is 0 Å². The summed E-state index contributed by atoms with van der Waals surface area (Å²) in [6.45, 7) is 6.84. The fourth-order valence-electron chi connectivity index (χ4n) is 3.47. The number of nitrogens with one attached hydrogen (secondary N) is 1. The average molecular weight is 356 g/mol. The minimum absolute atomic E-state index is 0.0391. The van der Waals surface area contributed by atoms with Gasteiger partial charge in [0.15, 0.2) is 0 Å². The number of morpholine rings is 1. The predicted octanol–water partition coefficient (Wildman–Crippen LogP) is 2.49. The molecule has 1 aromatic carbocycles. The van der Waals surface area contributed by atoms with Crippen LogP contribution in [0.25, 0.3) is 10.8 Å². The van der Waals surface area contributed by atoms with Crippen LogP contribution in [0.1, 0.15) is 18.9 Å². The van der Waals surface area contributed by atoms with E-state index in [1.807, 2.05) is 31.4 Å². The van der Waals surface area contributed by atoms with Gasteiger partial charge in [-0.1, -0.05) is 25.1 Å². The summed E-state index contributed by atoms with van der Waals surface area (Å²) >= 11 is 0. The van der Waals surface area contributed by atoms with E-state index in [9.17, 15) is 4.79 Å². The molecule has 140 valence electrons. The number of carbonyl (C=O) groups excluding carboxylic acids is 1. The Bertz CT molecular complexity index is 725. The zero-order valence-electron chi connectivity index (χ0n) is 15.6. The van der Waals surface area contributed by atoms with Gasteiger partial charge in [-0.05, 0) is 23.4 Å². The molecule has 2 heterocycles. The fraction of sp³-hybridized carbons (Fsp3) is 0.500. The minimum Gasteiger partial charge on any atom is -0.379 e. The van der Waals surface area contributed by atoms with Gasteiger partial charge in [-0.25, -0.2) is 4.79 Å². The molecule has 0 unspecified atom stereocenters. The first-order valence-electron chi connectivity index (χ1n) is 9.31. The Labute approximate surface area is 155 Å². The summed E-state index contributed by atoms with van der Waals surface area (Å²) in [4.78, 5) is 20.9. The smallest absolute Gasteiger partial charge is 0.317 e. The molecule has 1 N–H and O–H groups in total. The highest BCUT2D eigenvalue weighted by atomic mass is 16.5. The maximum atomic E-state index is 12.5. The van der Waals surface area contributed by atoms with E-state index in [1.54, 1.807) is 11.1 Å². The highest BCUT2D eigenvalue weighted by Crippen LogP contribution is 2.18. The number of hydrogen-bond donors (Lipinski definition) is 1. The van der Waals surface area contributed by atoms with Crippen LogP contribution in [0.3, 0.4) is 0 Å². The van der Waals surface area contributed by atoms with Crippen molar-refractivity contribution in [2.75, 3.05) is 39.9 Å². The number of ether oxygens (including phenoxy) is 1. The van der Waals surface area contributed by atoms with Crippen LogP contribution in [-0.4, -0.2) is 66.8 Å². The molecule has 0 saturated carbocycles. The van der Waals surface area contributed by atoms with Gasteiger partial charge in [-0.2, -0.15) is 0 Å². The molecular weight excluding hydrogens is 328 g/mol. The molecule has 3 rings (SSSR count). The molecule has 0 spiro atoms. The molecule has 6 nitrogen and oxygen atoms in total. The van der Waals surface area contributed by atoms with Gasteiger partial charge in [-0.3, -0.25) is 9.88 Å². The number of pyridine rings is 1. The van der Waals surface area contributed by atoms with Crippen molar-refractivity contribution in [3.8, 4) is 0 Å². The van der Waals surface area contributed by atoms with Gasteiger partial charge in [0, 0.05) is 57.0 Å². The van der Waals surface area contributed by atoms with Crippen molar-refractivity contribution in [1.29, 1.82) is 0 Å². The highest BCUT2D eigenvalue weighted by molar-refractivity contribution is 5.85. The first-order chi connectivity index (χ1) is 12.7. The van der Waals surface area contributed by atoms with Crippen LogP contribution in [0.2, 0.25) is 0 Å². The van der Waals surface area contributed by atoms with Gasteiger partial charge in [-0.15, -0.1) is 0 Å². The molecule has 26 heavy (non-hydrogen) atoms. The number of amides is 2. The van der Waals surface area contributed by atoms with E-state index in [2.05, 4.69) is 28.2 Å². The Hall–Kier alpha value is -2.18. The monoisotopic (exact) mass is 356 g/mol. The summed E-state index contributed by atoms with van der Waals surface area (Å²) in [5.41, 5.74) is 1.13. The van der Waals surface area contributed by atoms with Crippen LogP contribution < -0.4 is 5.32 Å². The summed E-state index contributed by atoms with van der Waals surface area (Å²) in [5, 5.41) is 5.33. The lowest BCUT2D eigenvalue weighted by atomic mass is 10.1. The van der Waals surface area contributed by atoms with Crippen molar-refractivity contribution in [1.82, 2.24) is 20.1 Å². The van der Waals surface area contributed by atoms with Crippen LogP contribution in [0, 0.1) is 0 Å². The number of hydrogen-bond acceptors (Lipinski definition) is 4. The lowest BCUT2D eigenvalue weighted by molar-refractivity contribution is 0.0162. The Balaban J connectivity index is 1.57. The molecule has 1 aliphatic rings. The highest BCUT2D eigenvalue weighted by Gasteiger charge is 2.20. The van der Waals surface area contributed by atoms with Crippen molar-refractivity contribution in [2.24, 2.45) is 0 Å². The Morgan fingerprint density at radius 1 is 1.35 bits per heavy atom. The van der Waals surface area contributed by atoms with Gasteiger partial charge in [0.1, 0.15) is 0 Å². The number of rotatable bonds is 6. The second-order valence-electron chi connectivity index (χ2n) is 6.77. The molecule has 2 amide bonds. The fourth-order valence-corrected chi connectivity index (χ4v) is 3.47. The third-order valence-electron chi connectivity index (χ3n) is 5.05. The Kier molecular flexibility index (Phi) is 6.41. The van der Waals surface area contributed by atoms with Crippen LogP contribution in [0.5, 0.6) is 0 Å². The molecule has 0 bridgehead atoms. The maximum absolute atomic E-state index is 12.5. The molecule has 0 radical (unpaired) electrons. The van der Waals surface area contributed by atoms with Crippen LogP contribution in [0.4, 0.5) is 4.79 Å². The zero-order valence-corrected chi connectivity index (χ0v) is 15.6. The quantitative estimate of drug-likeness (QED) is 0.864. The SMILES string of the molecule is CC[C@@H](CNC(=O)N(C)Cc1cccc2cnccc12)N1CCOCC1. The van der Waals surface area contributed by atoms with Crippen LogP contribution in [-0.2, 0) is 11.3 Å². The van der Waals surface area contributed by atoms with Gasteiger partial charge in [0.05, 0.1) is 13.2 Å². The normalized spacial score (nSPS) is 16.4. The Morgan fingerprint density at radius 2 is 2.15 bits per heavy atom. The number of fused-ring (bicyclic) bond motifs is 1. The summed E-state index contributed by atoms with van der Waals surface area (Å²) < 4.78 is 5.42. The lowest BCUT2D eigenvalue weighted by Crippen LogP contribution is -2.50. The topological polar surface area (TPSA) is 57.7 Å².